The third-order valence-corrected chi connectivity index (χ3v) is 3.34. The largest absolute Gasteiger partial charge is 0.484 e. The fourth-order valence-corrected chi connectivity index (χ4v) is 2.27. The van der Waals surface area contributed by atoms with Crippen LogP contribution < -0.4 is 0 Å². The quantitative estimate of drug-likeness (QED) is 0.849. The zero-order valence-corrected chi connectivity index (χ0v) is 10.6. The maximum atomic E-state index is 13.8. The minimum atomic E-state index is -1.31. The Labute approximate surface area is 112 Å². The first kappa shape index (κ1) is 14.4. The van der Waals surface area contributed by atoms with E-state index >= 15 is 0 Å². The van der Waals surface area contributed by atoms with Crippen molar-refractivity contribution in [2.45, 2.75) is 12.3 Å². The van der Waals surface area contributed by atoms with Crippen LogP contribution >= 0.6 is 0 Å². The lowest BCUT2D eigenvalue weighted by Crippen LogP contribution is -2.32. The van der Waals surface area contributed by atoms with E-state index in [4.69, 9.17) is 9.84 Å². The van der Waals surface area contributed by atoms with Gasteiger partial charge in [-0.1, -0.05) is 0 Å². The lowest BCUT2D eigenvalue weighted by atomic mass is 9.81. The monoisotopic (exact) mass is 287 g/mol. The lowest BCUT2D eigenvalue weighted by Gasteiger charge is -2.27. The van der Waals surface area contributed by atoms with Crippen LogP contribution in [0.15, 0.2) is 17.1 Å². The molecular weight excluding hydrogens is 275 g/mol. The molecule has 0 spiro atoms. The number of ether oxygens (including phenoxy) is 1. The molecule has 1 heterocycles. The molecule has 0 unspecified atom stereocenters. The standard InChI is InChI=1S/C13H12F3NO3/c1-20-12-3-6(8(5-17-12)13(18)19)7-2-10(15)11(16)4-9(7)14/h2,4,6,8H,3,5H2,1H3,(H,18,19)/t6-,8+/m1/s1. The van der Waals surface area contributed by atoms with Crippen LogP contribution in [-0.4, -0.2) is 30.6 Å². The Bertz CT molecular complexity index is 574. The molecule has 2 rings (SSSR count). The molecule has 1 aromatic carbocycles. The first-order valence-corrected chi connectivity index (χ1v) is 5.88. The van der Waals surface area contributed by atoms with Crippen LogP contribution in [-0.2, 0) is 9.53 Å². The predicted molar refractivity (Wildman–Crippen MR) is 64.1 cm³/mol. The van der Waals surface area contributed by atoms with Crippen LogP contribution in [0, 0.1) is 23.4 Å². The highest BCUT2D eigenvalue weighted by molar-refractivity contribution is 5.81. The number of carbonyl (C=O) groups is 1. The molecule has 108 valence electrons. The average molecular weight is 287 g/mol. The molecule has 0 aliphatic carbocycles. The van der Waals surface area contributed by atoms with Gasteiger partial charge in [-0.15, -0.1) is 0 Å². The molecule has 0 fully saturated rings. The number of benzene rings is 1. The summed E-state index contributed by atoms with van der Waals surface area (Å²) in [4.78, 5) is 15.1. The zero-order chi connectivity index (χ0) is 14.9. The highest BCUT2D eigenvalue weighted by atomic mass is 19.2. The first-order chi connectivity index (χ1) is 9.43. The van der Waals surface area contributed by atoms with Crippen molar-refractivity contribution < 1.29 is 27.8 Å². The van der Waals surface area contributed by atoms with Gasteiger partial charge in [0.1, 0.15) is 5.82 Å². The summed E-state index contributed by atoms with van der Waals surface area (Å²) in [6.07, 6.45) is 0.0233. The van der Waals surface area contributed by atoms with E-state index in [9.17, 15) is 18.0 Å². The minimum Gasteiger partial charge on any atom is -0.484 e. The molecule has 0 bridgehead atoms. The number of aliphatic carboxylic acids is 1. The van der Waals surface area contributed by atoms with E-state index in [1.165, 1.54) is 7.11 Å². The fraction of sp³-hybridized carbons (Fsp3) is 0.385. The van der Waals surface area contributed by atoms with Crippen LogP contribution in [0.5, 0.6) is 0 Å². The van der Waals surface area contributed by atoms with Crippen molar-refractivity contribution in [1.82, 2.24) is 0 Å². The van der Waals surface area contributed by atoms with E-state index in [0.717, 1.165) is 0 Å². The van der Waals surface area contributed by atoms with Crippen LogP contribution in [0.1, 0.15) is 17.9 Å². The third-order valence-electron chi connectivity index (χ3n) is 3.34. The van der Waals surface area contributed by atoms with Gasteiger partial charge in [0, 0.05) is 18.4 Å². The topological polar surface area (TPSA) is 58.9 Å². The van der Waals surface area contributed by atoms with Crippen LogP contribution in [0.4, 0.5) is 13.2 Å². The second-order valence-electron chi connectivity index (χ2n) is 4.48. The number of nitrogens with zero attached hydrogens (tertiary/aromatic N) is 1. The van der Waals surface area contributed by atoms with Crippen LogP contribution in [0.25, 0.3) is 0 Å². The van der Waals surface area contributed by atoms with Crippen molar-refractivity contribution in [3.05, 3.63) is 35.1 Å². The minimum absolute atomic E-state index is 0.0233. The molecule has 0 radical (unpaired) electrons. The molecule has 20 heavy (non-hydrogen) atoms. The summed E-state index contributed by atoms with van der Waals surface area (Å²) in [7, 11) is 1.36. The molecule has 0 amide bonds. The van der Waals surface area contributed by atoms with E-state index in [-0.39, 0.29) is 24.4 Å². The summed E-state index contributed by atoms with van der Waals surface area (Å²) < 4.78 is 45.0. The van der Waals surface area contributed by atoms with Crippen LogP contribution in [0.3, 0.4) is 0 Å². The van der Waals surface area contributed by atoms with E-state index in [1.54, 1.807) is 0 Å². The molecular formula is C13H12F3NO3. The Kier molecular flexibility index (Phi) is 3.96. The third kappa shape index (κ3) is 2.61. The molecule has 1 aliphatic heterocycles. The molecule has 0 saturated heterocycles. The van der Waals surface area contributed by atoms with Crippen molar-refractivity contribution in [3.8, 4) is 0 Å². The van der Waals surface area contributed by atoms with Gasteiger partial charge in [0.05, 0.1) is 19.6 Å². The molecule has 2 atom stereocenters. The highest BCUT2D eigenvalue weighted by Gasteiger charge is 2.36. The molecule has 4 nitrogen and oxygen atoms in total. The second-order valence-corrected chi connectivity index (χ2v) is 4.48. The van der Waals surface area contributed by atoms with Gasteiger partial charge >= 0.3 is 5.97 Å². The van der Waals surface area contributed by atoms with E-state index < -0.39 is 35.3 Å². The van der Waals surface area contributed by atoms with Crippen molar-refractivity contribution in [3.63, 3.8) is 0 Å². The van der Waals surface area contributed by atoms with Crippen molar-refractivity contribution in [1.29, 1.82) is 0 Å². The summed E-state index contributed by atoms with van der Waals surface area (Å²) >= 11 is 0. The first-order valence-electron chi connectivity index (χ1n) is 5.88. The average Bonchev–Trinajstić information content (AvgIpc) is 2.42. The second kappa shape index (κ2) is 5.52. The number of hydrogen-bond donors (Lipinski definition) is 1. The summed E-state index contributed by atoms with van der Waals surface area (Å²) in [5.41, 5.74) is -0.180. The predicted octanol–water partition coefficient (Wildman–Crippen LogP) is 2.34. The Morgan fingerprint density at radius 1 is 1.30 bits per heavy atom. The molecule has 1 aliphatic rings. The highest BCUT2D eigenvalue weighted by Crippen LogP contribution is 2.35. The fourth-order valence-electron chi connectivity index (χ4n) is 2.27. The maximum absolute atomic E-state index is 13.8. The molecule has 1 aromatic rings. The summed E-state index contributed by atoms with van der Waals surface area (Å²) in [5.74, 6) is -6.27. The Morgan fingerprint density at radius 3 is 2.55 bits per heavy atom. The maximum Gasteiger partial charge on any atom is 0.309 e. The van der Waals surface area contributed by atoms with Gasteiger partial charge in [0.25, 0.3) is 0 Å². The van der Waals surface area contributed by atoms with Gasteiger partial charge in [-0.25, -0.2) is 13.2 Å². The van der Waals surface area contributed by atoms with E-state index in [0.29, 0.717) is 12.1 Å². The Hall–Kier alpha value is -2.05. The number of aliphatic imine (C=N–C) groups is 1. The Balaban J connectivity index is 2.45. The van der Waals surface area contributed by atoms with Gasteiger partial charge < -0.3 is 9.84 Å². The number of hydrogen-bond acceptors (Lipinski definition) is 3. The van der Waals surface area contributed by atoms with Crippen LogP contribution in [0.2, 0.25) is 0 Å². The van der Waals surface area contributed by atoms with Gasteiger partial charge in [-0.3, -0.25) is 9.79 Å². The number of halogens is 3. The number of methoxy groups -OCH3 is 1. The van der Waals surface area contributed by atoms with Gasteiger partial charge in [0.2, 0.25) is 0 Å². The van der Waals surface area contributed by atoms with Crippen molar-refractivity contribution in [2.75, 3.05) is 13.7 Å². The van der Waals surface area contributed by atoms with E-state index in [1.807, 2.05) is 0 Å². The number of carboxylic acids is 1. The SMILES string of the molecule is COC1=NC[C@H](C(=O)O)[C@@H](c2cc(F)c(F)cc2F)C1. The summed E-state index contributed by atoms with van der Waals surface area (Å²) in [6.45, 7) is -0.0956. The lowest BCUT2D eigenvalue weighted by molar-refractivity contribution is -0.142. The van der Waals surface area contributed by atoms with E-state index in [2.05, 4.69) is 4.99 Å². The van der Waals surface area contributed by atoms with Gasteiger partial charge in [0.15, 0.2) is 17.5 Å². The number of carboxylic acid groups (broad SMARTS) is 1. The summed E-state index contributed by atoms with van der Waals surface area (Å²) in [5, 5.41) is 9.14. The number of rotatable bonds is 2. The smallest absolute Gasteiger partial charge is 0.309 e. The van der Waals surface area contributed by atoms with Crippen molar-refractivity contribution in [2.24, 2.45) is 10.9 Å². The zero-order valence-electron chi connectivity index (χ0n) is 10.6. The normalized spacial score (nSPS) is 22.3. The van der Waals surface area contributed by atoms with Gasteiger partial charge in [-0.2, -0.15) is 0 Å². The Morgan fingerprint density at radius 2 is 1.95 bits per heavy atom. The summed E-state index contributed by atoms with van der Waals surface area (Å²) in [6, 6.07) is 1.12. The molecule has 1 N–H and O–H groups in total. The van der Waals surface area contributed by atoms with Gasteiger partial charge in [-0.05, 0) is 11.6 Å². The van der Waals surface area contributed by atoms with Crippen molar-refractivity contribution >= 4 is 11.9 Å². The molecule has 0 saturated carbocycles. The molecule has 0 aromatic heterocycles. The molecule has 7 heteroatoms.